The summed E-state index contributed by atoms with van der Waals surface area (Å²) in [6.45, 7) is 0. The first-order valence-corrected chi connectivity index (χ1v) is 16.3. The van der Waals surface area contributed by atoms with Crippen molar-refractivity contribution in [2.24, 2.45) is 0 Å². The maximum absolute atomic E-state index is 5.32. The average Bonchev–Trinajstić information content (AvgIpc) is 3.19. The summed E-state index contributed by atoms with van der Waals surface area (Å²) in [6, 6.07) is 68.0. The molecule has 0 amide bonds. The highest BCUT2D eigenvalue weighted by atomic mass is 14.9. The molecule has 8 rings (SSSR count). The molecule has 48 heavy (non-hydrogen) atoms. The Hall–Kier alpha value is -6.38. The Morgan fingerprint density at radius 2 is 0.604 bits per heavy atom. The molecule has 0 unspecified atom stereocenters. The molecule has 1 heterocycles. The average molecular weight is 613 g/mol. The lowest BCUT2D eigenvalue weighted by Gasteiger charge is -2.15. The predicted octanol–water partition coefficient (Wildman–Crippen LogP) is 12.1. The van der Waals surface area contributed by atoms with Crippen molar-refractivity contribution < 1.29 is 0 Å². The van der Waals surface area contributed by atoms with E-state index in [2.05, 4.69) is 188 Å². The zero-order valence-corrected chi connectivity index (χ0v) is 26.4. The fourth-order valence-electron chi connectivity index (χ4n) is 6.34. The third-order valence-corrected chi connectivity index (χ3v) is 8.73. The second-order valence-corrected chi connectivity index (χ2v) is 11.8. The van der Waals surface area contributed by atoms with Gasteiger partial charge in [0.05, 0.1) is 11.4 Å². The van der Waals surface area contributed by atoms with Gasteiger partial charge >= 0.3 is 0 Å². The molecule has 0 radical (unpaired) electrons. The Morgan fingerprint density at radius 3 is 1.15 bits per heavy atom. The van der Waals surface area contributed by atoms with E-state index in [1.165, 1.54) is 22.3 Å². The Balaban J connectivity index is 1.29. The summed E-state index contributed by atoms with van der Waals surface area (Å²) >= 11 is 0. The minimum Gasteiger partial charge on any atom is -0.228 e. The van der Waals surface area contributed by atoms with E-state index in [0.717, 1.165) is 50.3 Å². The molecular weight excluding hydrogens is 581 g/mol. The second kappa shape index (κ2) is 13.2. The van der Waals surface area contributed by atoms with E-state index in [4.69, 9.17) is 9.97 Å². The second-order valence-electron chi connectivity index (χ2n) is 11.8. The number of aromatic nitrogens is 2. The first kappa shape index (κ1) is 29.1. The number of rotatable bonds is 7. The van der Waals surface area contributed by atoms with Crippen LogP contribution in [0.25, 0.3) is 78.4 Å². The van der Waals surface area contributed by atoms with Crippen LogP contribution in [-0.4, -0.2) is 9.97 Å². The van der Waals surface area contributed by atoms with Crippen molar-refractivity contribution in [3.8, 4) is 78.4 Å². The number of hydrogen-bond donors (Lipinski definition) is 0. The van der Waals surface area contributed by atoms with E-state index in [-0.39, 0.29) is 0 Å². The van der Waals surface area contributed by atoms with Gasteiger partial charge in [0.25, 0.3) is 0 Å². The van der Waals surface area contributed by atoms with Gasteiger partial charge in [-0.05, 0) is 62.7 Å². The summed E-state index contributed by atoms with van der Waals surface area (Å²) in [5, 5.41) is 0. The summed E-state index contributed by atoms with van der Waals surface area (Å²) in [5.41, 5.74) is 14.1. The third kappa shape index (κ3) is 5.95. The molecule has 7 aromatic carbocycles. The minimum absolute atomic E-state index is 0.694. The normalized spacial score (nSPS) is 10.9. The van der Waals surface area contributed by atoms with Gasteiger partial charge in [0.1, 0.15) is 0 Å². The van der Waals surface area contributed by atoms with Crippen molar-refractivity contribution in [2.75, 3.05) is 0 Å². The van der Waals surface area contributed by atoms with Crippen molar-refractivity contribution in [3.05, 3.63) is 194 Å². The van der Waals surface area contributed by atoms with Crippen LogP contribution in [0.1, 0.15) is 0 Å². The molecule has 0 aliphatic rings. The zero-order valence-electron chi connectivity index (χ0n) is 26.4. The summed E-state index contributed by atoms with van der Waals surface area (Å²) in [4.78, 5) is 10.5. The molecule has 0 fully saturated rings. The molecule has 0 atom stereocenters. The number of benzene rings is 7. The fourth-order valence-corrected chi connectivity index (χ4v) is 6.34. The Bertz CT molecular complexity index is 2180. The standard InChI is InChI=1S/C46H32N2/c1-4-16-33(17-5-1)36-22-14-24-38(30-36)40-26-10-12-28-42(40)45-32-44(35-20-8-3-9-21-35)47-46(48-45)43-29-13-11-27-41(43)39-25-15-23-37(31-39)34-18-6-2-7-19-34/h1-32H. The summed E-state index contributed by atoms with van der Waals surface area (Å²) in [5.74, 6) is 0.694. The molecule has 0 saturated carbocycles. The largest absolute Gasteiger partial charge is 0.228 e. The van der Waals surface area contributed by atoms with Gasteiger partial charge in [0.2, 0.25) is 0 Å². The van der Waals surface area contributed by atoms with Crippen molar-refractivity contribution in [2.45, 2.75) is 0 Å². The molecule has 2 nitrogen and oxygen atoms in total. The van der Waals surface area contributed by atoms with Gasteiger partial charge in [0, 0.05) is 16.7 Å². The molecule has 0 spiro atoms. The van der Waals surface area contributed by atoms with E-state index in [1.807, 2.05) is 6.07 Å². The summed E-state index contributed by atoms with van der Waals surface area (Å²) < 4.78 is 0. The van der Waals surface area contributed by atoms with Crippen LogP contribution in [0.4, 0.5) is 0 Å². The van der Waals surface area contributed by atoms with E-state index < -0.39 is 0 Å². The van der Waals surface area contributed by atoms with E-state index >= 15 is 0 Å². The van der Waals surface area contributed by atoms with Crippen LogP contribution in [0, 0.1) is 0 Å². The van der Waals surface area contributed by atoms with Crippen molar-refractivity contribution in [1.82, 2.24) is 9.97 Å². The van der Waals surface area contributed by atoms with Crippen molar-refractivity contribution in [3.63, 3.8) is 0 Å². The van der Waals surface area contributed by atoms with Gasteiger partial charge in [-0.15, -0.1) is 0 Å². The maximum atomic E-state index is 5.32. The van der Waals surface area contributed by atoms with Crippen LogP contribution in [0.15, 0.2) is 194 Å². The Morgan fingerprint density at radius 1 is 0.229 bits per heavy atom. The van der Waals surface area contributed by atoms with Gasteiger partial charge in [-0.25, -0.2) is 9.97 Å². The lowest BCUT2D eigenvalue weighted by Crippen LogP contribution is -1.98. The number of hydrogen-bond acceptors (Lipinski definition) is 2. The molecule has 1 aromatic heterocycles. The predicted molar refractivity (Wildman–Crippen MR) is 200 cm³/mol. The van der Waals surface area contributed by atoms with Gasteiger partial charge in [0.15, 0.2) is 5.82 Å². The van der Waals surface area contributed by atoms with Crippen LogP contribution >= 0.6 is 0 Å². The van der Waals surface area contributed by atoms with Crippen LogP contribution < -0.4 is 0 Å². The van der Waals surface area contributed by atoms with Crippen molar-refractivity contribution in [1.29, 1.82) is 0 Å². The highest BCUT2D eigenvalue weighted by Gasteiger charge is 2.17. The number of nitrogens with zero attached hydrogens (tertiary/aromatic N) is 2. The lowest BCUT2D eigenvalue weighted by molar-refractivity contribution is 1.18. The lowest BCUT2D eigenvalue weighted by atomic mass is 9.93. The molecule has 226 valence electrons. The van der Waals surface area contributed by atoms with Crippen LogP contribution in [0.3, 0.4) is 0 Å². The van der Waals surface area contributed by atoms with Crippen LogP contribution in [0.5, 0.6) is 0 Å². The first-order chi connectivity index (χ1) is 23.8. The fraction of sp³-hybridized carbons (Fsp3) is 0. The molecule has 2 heteroatoms. The Kier molecular flexibility index (Phi) is 7.96. The van der Waals surface area contributed by atoms with Gasteiger partial charge in [-0.3, -0.25) is 0 Å². The third-order valence-electron chi connectivity index (χ3n) is 8.73. The summed E-state index contributed by atoms with van der Waals surface area (Å²) in [6.07, 6.45) is 0. The quantitative estimate of drug-likeness (QED) is 0.179. The molecule has 0 bridgehead atoms. The topological polar surface area (TPSA) is 25.8 Å². The zero-order chi connectivity index (χ0) is 32.1. The molecule has 0 aliphatic heterocycles. The highest BCUT2D eigenvalue weighted by Crippen LogP contribution is 2.38. The monoisotopic (exact) mass is 612 g/mol. The van der Waals surface area contributed by atoms with Gasteiger partial charge < -0.3 is 0 Å². The Labute approximate surface area is 281 Å². The van der Waals surface area contributed by atoms with E-state index in [9.17, 15) is 0 Å². The molecule has 0 N–H and O–H groups in total. The smallest absolute Gasteiger partial charge is 0.161 e. The van der Waals surface area contributed by atoms with E-state index in [1.54, 1.807) is 0 Å². The van der Waals surface area contributed by atoms with Crippen LogP contribution in [-0.2, 0) is 0 Å². The summed E-state index contributed by atoms with van der Waals surface area (Å²) in [7, 11) is 0. The van der Waals surface area contributed by atoms with Gasteiger partial charge in [-0.1, -0.05) is 176 Å². The SMILES string of the molecule is c1ccc(-c2cccc(-c3ccccc3-c3cc(-c4ccccc4)nc(-c4ccccc4-c4cccc(-c5ccccc5)c4)n3)c2)cc1. The molecule has 0 saturated heterocycles. The molecular formula is C46H32N2. The minimum atomic E-state index is 0.694. The van der Waals surface area contributed by atoms with Gasteiger partial charge in [-0.2, -0.15) is 0 Å². The van der Waals surface area contributed by atoms with E-state index in [0.29, 0.717) is 5.82 Å². The van der Waals surface area contributed by atoms with Crippen LogP contribution in [0.2, 0.25) is 0 Å². The van der Waals surface area contributed by atoms with Crippen molar-refractivity contribution >= 4 is 0 Å². The highest BCUT2D eigenvalue weighted by molar-refractivity contribution is 5.88. The molecule has 8 aromatic rings. The maximum Gasteiger partial charge on any atom is 0.161 e. The molecule has 0 aliphatic carbocycles. The first-order valence-electron chi connectivity index (χ1n) is 16.3.